The summed E-state index contributed by atoms with van der Waals surface area (Å²) >= 11 is 0. The molecule has 3 aromatic rings. The molecule has 1 heterocycles. The van der Waals surface area contributed by atoms with Gasteiger partial charge in [-0.3, -0.25) is 10.4 Å². The predicted octanol–water partition coefficient (Wildman–Crippen LogP) is 3.06. The smallest absolute Gasteiger partial charge is 0.141 e. The third kappa shape index (κ3) is 3.05. The molecule has 0 aliphatic carbocycles. The molecule has 1 aromatic heterocycles. The number of nitrogens with zero attached hydrogens (tertiary/aromatic N) is 3. The highest BCUT2D eigenvalue weighted by atomic mass is 16.8. The SMILES string of the molecule is CC(O)CCn1c(-c2ccccc2)nc2c(N(O)O)cccc21. The number of aryl methyl sites for hydroxylation is 1. The van der Waals surface area contributed by atoms with E-state index in [1.54, 1.807) is 19.1 Å². The van der Waals surface area contributed by atoms with E-state index in [0.29, 0.717) is 18.5 Å². The van der Waals surface area contributed by atoms with E-state index >= 15 is 0 Å². The van der Waals surface area contributed by atoms with Crippen molar-refractivity contribution in [2.45, 2.75) is 26.0 Å². The Kier molecular flexibility index (Phi) is 4.29. The molecule has 3 rings (SSSR count). The van der Waals surface area contributed by atoms with Crippen LogP contribution < -0.4 is 5.23 Å². The first-order chi connectivity index (χ1) is 11.1. The lowest BCUT2D eigenvalue weighted by Crippen LogP contribution is -2.11. The van der Waals surface area contributed by atoms with Crippen LogP contribution in [0.25, 0.3) is 22.4 Å². The molecule has 0 spiro atoms. The molecule has 0 amide bonds. The van der Waals surface area contributed by atoms with Gasteiger partial charge < -0.3 is 9.67 Å². The monoisotopic (exact) mass is 313 g/mol. The molecule has 0 fully saturated rings. The van der Waals surface area contributed by atoms with Gasteiger partial charge in [0.05, 0.1) is 11.6 Å². The van der Waals surface area contributed by atoms with Gasteiger partial charge in [0.15, 0.2) is 0 Å². The van der Waals surface area contributed by atoms with Gasteiger partial charge in [-0.1, -0.05) is 36.4 Å². The average molecular weight is 313 g/mol. The van der Waals surface area contributed by atoms with E-state index in [0.717, 1.165) is 16.9 Å². The maximum absolute atomic E-state index is 9.61. The molecular formula is C17H19N3O3. The maximum atomic E-state index is 9.61. The Morgan fingerprint density at radius 1 is 1.09 bits per heavy atom. The van der Waals surface area contributed by atoms with E-state index in [1.165, 1.54) is 0 Å². The zero-order valence-electron chi connectivity index (χ0n) is 12.8. The van der Waals surface area contributed by atoms with Crippen LogP contribution in [0.15, 0.2) is 48.5 Å². The molecule has 0 saturated heterocycles. The van der Waals surface area contributed by atoms with Gasteiger partial charge in [-0.2, -0.15) is 0 Å². The van der Waals surface area contributed by atoms with Crippen LogP contribution in [-0.2, 0) is 6.54 Å². The summed E-state index contributed by atoms with van der Waals surface area (Å²) in [4.78, 5) is 4.60. The van der Waals surface area contributed by atoms with Gasteiger partial charge in [0.25, 0.3) is 0 Å². The van der Waals surface area contributed by atoms with Gasteiger partial charge in [0.1, 0.15) is 17.0 Å². The topological polar surface area (TPSA) is 81.8 Å². The Morgan fingerprint density at radius 2 is 1.83 bits per heavy atom. The molecule has 1 atom stereocenters. The lowest BCUT2D eigenvalue weighted by atomic mass is 10.2. The minimum absolute atomic E-state index is 0.0864. The number of benzene rings is 2. The Bertz CT molecular complexity index is 797. The second-order valence-electron chi connectivity index (χ2n) is 5.53. The van der Waals surface area contributed by atoms with Crippen molar-refractivity contribution in [1.82, 2.24) is 9.55 Å². The lowest BCUT2D eigenvalue weighted by Gasteiger charge is -2.11. The van der Waals surface area contributed by atoms with E-state index in [4.69, 9.17) is 0 Å². The Hall–Kier alpha value is -2.41. The molecule has 0 aliphatic heterocycles. The van der Waals surface area contributed by atoms with Gasteiger partial charge >= 0.3 is 0 Å². The molecule has 0 aliphatic rings. The molecule has 0 radical (unpaired) electrons. The highest BCUT2D eigenvalue weighted by Crippen LogP contribution is 2.30. The van der Waals surface area contributed by atoms with Gasteiger partial charge in [-0.15, -0.1) is 5.23 Å². The minimum Gasteiger partial charge on any atom is -0.393 e. The second-order valence-corrected chi connectivity index (χ2v) is 5.53. The molecule has 2 aromatic carbocycles. The van der Waals surface area contributed by atoms with Crippen LogP contribution in [0.3, 0.4) is 0 Å². The molecule has 120 valence electrons. The van der Waals surface area contributed by atoms with E-state index < -0.39 is 6.10 Å². The molecule has 1 unspecified atom stereocenters. The quantitative estimate of drug-likeness (QED) is 0.631. The van der Waals surface area contributed by atoms with Gasteiger partial charge in [0.2, 0.25) is 0 Å². The summed E-state index contributed by atoms with van der Waals surface area (Å²) < 4.78 is 1.99. The van der Waals surface area contributed by atoms with Crippen LogP contribution in [0.5, 0.6) is 0 Å². The van der Waals surface area contributed by atoms with Crippen molar-refractivity contribution in [2.75, 3.05) is 5.23 Å². The van der Waals surface area contributed by atoms with E-state index in [2.05, 4.69) is 4.98 Å². The summed E-state index contributed by atoms with van der Waals surface area (Å²) in [5.41, 5.74) is 2.44. The summed E-state index contributed by atoms with van der Waals surface area (Å²) in [6, 6.07) is 14.9. The number of fused-ring (bicyclic) bond motifs is 1. The summed E-state index contributed by atoms with van der Waals surface area (Å²) in [5.74, 6) is 0.732. The summed E-state index contributed by atoms with van der Waals surface area (Å²) in [6.45, 7) is 2.33. The average Bonchev–Trinajstić information content (AvgIpc) is 2.92. The predicted molar refractivity (Wildman–Crippen MR) is 87.5 cm³/mol. The molecular weight excluding hydrogens is 294 g/mol. The van der Waals surface area contributed by atoms with Crippen molar-refractivity contribution in [3.05, 3.63) is 48.5 Å². The fraction of sp³-hybridized carbons (Fsp3) is 0.235. The van der Waals surface area contributed by atoms with Gasteiger partial charge in [-0.05, 0) is 25.5 Å². The molecule has 6 heteroatoms. The first-order valence-electron chi connectivity index (χ1n) is 7.48. The molecule has 6 nitrogen and oxygen atoms in total. The number of aromatic nitrogens is 2. The minimum atomic E-state index is -0.425. The highest BCUT2D eigenvalue weighted by molar-refractivity contribution is 5.91. The van der Waals surface area contributed by atoms with Crippen LogP contribution in [-0.4, -0.2) is 31.2 Å². The summed E-state index contributed by atoms with van der Waals surface area (Å²) in [6.07, 6.45) is 0.156. The fourth-order valence-electron chi connectivity index (χ4n) is 2.64. The van der Waals surface area contributed by atoms with Gasteiger partial charge in [0, 0.05) is 12.1 Å². The van der Waals surface area contributed by atoms with E-state index in [9.17, 15) is 15.5 Å². The second kappa shape index (κ2) is 6.37. The summed E-state index contributed by atoms with van der Waals surface area (Å²) in [5, 5.41) is 28.5. The lowest BCUT2D eigenvalue weighted by molar-refractivity contribution is 0.0299. The third-order valence-corrected chi connectivity index (χ3v) is 3.78. The Morgan fingerprint density at radius 3 is 2.48 bits per heavy atom. The zero-order valence-corrected chi connectivity index (χ0v) is 12.8. The fourth-order valence-corrected chi connectivity index (χ4v) is 2.64. The Balaban J connectivity index is 2.20. The highest BCUT2D eigenvalue weighted by Gasteiger charge is 2.17. The number of rotatable bonds is 5. The van der Waals surface area contributed by atoms with Crippen LogP contribution in [0, 0.1) is 0 Å². The van der Waals surface area contributed by atoms with E-state index in [-0.39, 0.29) is 10.9 Å². The van der Waals surface area contributed by atoms with Crippen molar-refractivity contribution < 1.29 is 15.5 Å². The van der Waals surface area contributed by atoms with Gasteiger partial charge in [-0.25, -0.2) is 4.98 Å². The first kappa shape index (κ1) is 15.5. The number of imidazole rings is 1. The standard InChI is InChI=1S/C17H19N3O3/c1-12(21)10-11-19-14-8-5-9-15(20(22)23)16(14)18-17(19)13-6-3-2-4-7-13/h2-9,12,21-23H,10-11H2,1H3. The number of hydrogen-bond donors (Lipinski definition) is 3. The number of hydrogen-bond acceptors (Lipinski definition) is 5. The largest absolute Gasteiger partial charge is 0.393 e. The van der Waals surface area contributed by atoms with Crippen LogP contribution >= 0.6 is 0 Å². The molecule has 23 heavy (non-hydrogen) atoms. The molecule has 0 bridgehead atoms. The van der Waals surface area contributed by atoms with Crippen LogP contribution in [0.1, 0.15) is 13.3 Å². The van der Waals surface area contributed by atoms with Crippen molar-refractivity contribution in [3.8, 4) is 11.4 Å². The van der Waals surface area contributed by atoms with Crippen molar-refractivity contribution in [1.29, 1.82) is 0 Å². The molecule has 0 saturated carbocycles. The first-order valence-corrected chi connectivity index (χ1v) is 7.48. The van der Waals surface area contributed by atoms with Crippen molar-refractivity contribution >= 4 is 16.7 Å². The van der Waals surface area contributed by atoms with Crippen LogP contribution in [0.4, 0.5) is 5.69 Å². The van der Waals surface area contributed by atoms with E-state index in [1.807, 2.05) is 41.0 Å². The number of para-hydroxylation sites is 1. The third-order valence-electron chi connectivity index (χ3n) is 3.78. The number of anilines is 1. The molecule has 3 N–H and O–H groups in total. The van der Waals surface area contributed by atoms with Crippen molar-refractivity contribution in [2.24, 2.45) is 0 Å². The normalized spacial score (nSPS) is 12.5. The van der Waals surface area contributed by atoms with Crippen LogP contribution in [0.2, 0.25) is 0 Å². The van der Waals surface area contributed by atoms with Crippen molar-refractivity contribution in [3.63, 3.8) is 0 Å². The Labute approximate surface area is 133 Å². The summed E-state index contributed by atoms with van der Waals surface area (Å²) in [7, 11) is 0. The number of aliphatic hydroxyl groups is 1. The zero-order chi connectivity index (χ0) is 16.4. The maximum Gasteiger partial charge on any atom is 0.141 e. The number of aliphatic hydroxyl groups excluding tert-OH is 1.